The van der Waals surface area contributed by atoms with Crippen molar-refractivity contribution in [2.24, 2.45) is 10.9 Å². The molecule has 1 aromatic heterocycles. The summed E-state index contributed by atoms with van der Waals surface area (Å²) >= 11 is 8.07. The first kappa shape index (κ1) is 23.3. The van der Waals surface area contributed by atoms with Crippen molar-refractivity contribution in [3.8, 4) is 11.4 Å². The summed E-state index contributed by atoms with van der Waals surface area (Å²) < 4.78 is 8.90. The number of aromatic nitrogens is 1. The van der Waals surface area contributed by atoms with Crippen molar-refractivity contribution in [3.63, 3.8) is 0 Å². The van der Waals surface area contributed by atoms with E-state index in [1.807, 2.05) is 37.3 Å². The minimum absolute atomic E-state index is 0.0596. The SMILES string of the molecule is C=c1/c(=C/c2ccc(OCC(C)CO)c(Cl)c2)sc(=NCCC)n1-c1ccccc1C. The molecule has 0 radical (unpaired) electrons. The second-order valence-electron chi connectivity index (χ2n) is 7.63. The topological polar surface area (TPSA) is 46.8 Å². The molecule has 3 rings (SSSR count). The van der Waals surface area contributed by atoms with Gasteiger partial charge in [-0.05, 0) is 48.7 Å². The van der Waals surface area contributed by atoms with E-state index in [1.165, 1.54) is 5.56 Å². The van der Waals surface area contributed by atoms with E-state index in [2.05, 4.69) is 43.2 Å². The van der Waals surface area contributed by atoms with Crippen LogP contribution in [0.3, 0.4) is 0 Å². The van der Waals surface area contributed by atoms with Gasteiger partial charge in [0.15, 0.2) is 4.80 Å². The largest absolute Gasteiger partial charge is 0.492 e. The summed E-state index contributed by atoms with van der Waals surface area (Å²) in [6.45, 7) is 11.8. The summed E-state index contributed by atoms with van der Waals surface area (Å²) in [6, 6.07) is 14.0. The molecule has 0 aliphatic rings. The first-order chi connectivity index (χ1) is 14.9. The minimum Gasteiger partial charge on any atom is -0.492 e. The number of hydrogen-bond acceptors (Lipinski definition) is 4. The van der Waals surface area contributed by atoms with Gasteiger partial charge in [-0.25, -0.2) is 0 Å². The predicted octanol–water partition coefficient (Wildman–Crippen LogP) is 4.06. The van der Waals surface area contributed by atoms with Gasteiger partial charge in [0.05, 0.1) is 27.2 Å². The van der Waals surface area contributed by atoms with E-state index in [0.717, 1.165) is 38.9 Å². The fourth-order valence-corrected chi connectivity index (χ4v) is 4.37. The molecule has 1 N–H and O–H groups in total. The Hall–Kier alpha value is -2.34. The molecule has 3 aromatic rings. The Kier molecular flexibility index (Phi) is 8.13. The molecule has 0 saturated heterocycles. The Morgan fingerprint density at radius 3 is 2.74 bits per heavy atom. The number of hydrogen-bond donors (Lipinski definition) is 1. The van der Waals surface area contributed by atoms with Gasteiger partial charge in [0, 0.05) is 19.1 Å². The van der Waals surface area contributed by atoms with Gasteiger partial charge in [-0.3, -0.25) is 9.56 Å². The lowest BCUT2D eigenvalue weighted by Crippen LogP contribution is -2.30. The van der Waals surface area contributed by atoms with E-state index in [1.54, 1.807) is 11.3 Å². The molecule has 0 fully saturated rings. The van der Waals surface area contributed by atoms with Crippen molar-refractivity contribution in [1.82, 2.24) is 4.57 Å². The third-order valence-corrected chi connectivity index (χ3v) is 6.23. The van der Waals surface area contributed by atoms with Gasteiger partial charge in [-0.15, -0.1) is 0 Å². The molecule has 6 heteroatoms. The summed E-state index contributed by atoms with van der Waals surface area (Å²) in [5.74, 6) is 0.679. The zero-order valence-corrected chi connectivity index (χ0v) is 19.8. The maximum absolute atomic E-state index is 9.16. The number of benzene rings is 2. The van der Waals surface area contributed by atoms with Crippen LogP contribution in [0.25, 0.3) is 18.3 Å². The number of rotatable bonds is 8. The van der Waals surface area contributed by atoms with Crippen molar-refractivity contribution >= 4 is 35.6 Å². The lowest BCUT2D eigenvalue weighted by molar-refractivity contribution is 0.174. The number of aryl methyl sites for hydroxylation is 1. The van der Waals surface area contributed by atoms with Crippen molar-refractivity contribution in [2.75, 3.05) is 19.8 Å². The van der Waals surface area contributed by atoms with Crippen LogP contribution in [0.1, 0.15) is 31.4 Å². The van der Waals surface area contributed by atoms with Crippen LogP contribution in [-0.4, -0.2) is 29.4 Å². The normalized spacial score (nSPS) is 13.6. The summed E-state index contributed by atoms with van der Waals surface area (Å²) in [4.78, 5) is 5.74. The van der Waals surface area contributed by atoms with E-state index < -0.39 is 0 Å². The number of ether oxygens (including phenoxy) is 1. The molecular weight excluding hydrogens is 428 g/mol. The maximum Gasteiger partial charge on any atom is 0.190 e. The average molecular weight is 457 g/mol. The summed E-state index contributed by atoms with van der Waals surface area (Å²) in [6.07, 6.45) is 3.07. The van der Waals surface area contributed by atoms with E-state index >= 15 is 0 Å². The first-order valence-electron chi connectivity index (χ1n) is 10.5. The number of aliphatic hydroxyl groups excluding tert-OH is 1. The van der Waals surface area contributed by atoms with Crippen LogP contribution in [0.15, 0.2) is 47.5 Å². The molecule has 0 aliphatic heterocycles. The van der Waals surface area contributed by atoms with Crippen LogP contribution in [0.4, 0.5) is 0 Å². The molecule has 164 valence electrons. The summed E-state index contributed by atoms with van der Waals surface area (Å²) in [5, 5.41) is 10.6. The molecule has 0 amide bonds. The molecule has 31 heavy (non-hydrogen) atoms. The molecule has 1 atom stereocenters. The molecule has 0 spiro atoms. The highest BCUT2D eigenvalue weighted by molar-refractivity contribution is 7.07. The van der Waals surface area contributed by atoms with Crippen LogP contribution in [0, 0.1) is 12.8 Å². The van der Waals surface area contributed by atoms with Crippen molar-refractivity contribution in [1.29, 1.82) is 0 Å². The molecule has 0 bridgehead atoms. The average Bonchev–Trinajstić information content (AvgIpc) is 3.06. The molecule has 4 nitrogen and oxygen atoms in total. The second-order valence-corrected chi connectivity index (χ2v) is 9.05. The van der Waals surface area contributed by atoms with E-state index in [4.69, 9.17) is 26.4 Å². The number of aliphatic hydroxyl groups is 1. The molecule has 1 heterocycles. The predicted molar refractivity (Wildman–Crippen MR) is 131 cm³/mol. The first-order valence-corrected chi connectivity index (χ1v) is 11.7. The highest BCUT2D eigenvalue weighted by Crippen LogP contribution is 2.26. The van der Waals surface area contributed by atoms with Gasteiger partial charge >= 0.3 is 0 Å². The van der Waals surface area contributed by atoms with E-state index in [-0.39, 0.29) is 12.5 Å². The molecule has 1 unspecified atom stereocenters. The smallest absolute Gasteiger partial charge is 0.190 e. The Morgan fingerprint density at radius 2 is 2.06 bits per heavy atom. The van der Waals surface area contributed by atoms with Crippen molar-refractivity contribution in [3.05, 3.63) is 73.3 Å². The number of thiazole rings is 1. The van der Waals surface area contributed by atoms with Crippen LogP contribution < -0.4 is 19.4 Å². The number of para-hydroxylation sites is 1. The fraction of sp³-hybridized carbons (Fsp3) is 0.320. The van der Waals surface area contributed by atoms with Crippen molar-refractivity contribution < 1.29 is 9.84 Å². The molecular formula is C25H29ClN2O2S. The van der Waals surface area contributed by atoms with E-state index in [0.29, 0.717) is 17.4 Å². The summed E-state index contributed by atoms with van der Waals surface area (Å²) in [5.41, 5.74) is 3.24. The third-order valence-electron chi connectivity index (χ3n) is 4.86. The highest BCUT2D eigenvalue weighted by atomic mass is 35.5. The number of halogens is 1. The second kappa shape index (κ2) is 10.8. The standard InChI is InChI=1S/C25H29ClN2O2S/c1-5-12-27-25-28(22-9-7-6-8-18(22)3)19(4)24(31-25)14-20-10-11-23(21(26)13-20)30-16-17(2)15-29/h6-11,13-14,17,29H,4-5,12,15-16H2,1-3H3/b24-14-,27-25?. The van der Waals surface area contributed by atoms with Crippen molar-refractivity contribution in [2.45, 2.75) is 27.2 Å². The third kappa shape index (κ3) is 5.67. The fourth-order valence-electron chi connectivity index (χ4n) is 3.07. The Labute approximate surface area is 192 Å². The number of nitrogens with zero attached hydrogens (tertiary/aromatic N) is 2. The van der Waals surface area contributed by atoms with Crippen LogP contribution in [0.2, 0.25) is 5.02 Å². The highest BCUT2D eigenvalue weighted by Gasteiger charge is 2.08. The van der Waals surface area contributed by atoms with Crippen LogP contribution in [0.5, 0.6) is 5.75 Å². The zero-order chi connectivity index (χ0) is 22.4. The van der Waals surface area contributed by atoms with Gasteiger partial charge in [-0.1, -0.05) is 67.6 Å². The minimum atomic E-state index is 0.0596. The lowest BCUT2D eigenvalue weighted by Gasteiger charge is -2.11. The van der Waals surface area contributed by atoms with Gasteiger partial charge in [-0.2, -0.15) is 0 Å². The van der Waals surface area contributed by atoms with E-state index in [9.17, 15) is 0 Å². The monoisotopic (exact) mass is 456 g/mol. The Bertz CT molecular complexity index is 1210. The molecule has 0 saturated carbocycles. The van der Waals surface area contributed by atoms with Gasteiger partial charge in [0.25, 0.3) is 0 Å². The van der Waals surface area contributed by atoms with Gasteiger partial charge in [0.2, 0.25) is 0 Å². The quantitative estimate of drug-likeness (QED) is 0.555. The van der Waals surface area contributed by atoms with Gasteiger partial charge in [0.1, 0.15) is 5.75 Å². The van der Waals surface area contributed by atoms with Crippen LogP contribution >= 0.6 is 22.9 Å². The van der Waals surface area contributed by atoms with Crippen LogP contribution in [-0.2, 0) is 0 Å². The molecule has 2 aromatic carbocycles. The summed E-state index contributed by atoms with van der Waals surface area (Å²) in [7, 11) is 0. The lowest BCUT2D eigenvalue weighted by atomic mass is 10.2. The Balaban J connectivity index is 2.04. The zero-order valence-electron chi connectivity index (χ0n) is 18.3. The van der Waals surface area contributed by atoms with Gasteiger partial charge < -0.3 is 9.84 Å². The molecule has 0 aliphatic carbocycles. The Morgan fingerprint density at radius 1 is 1.29 bits per heavy atom. The maximum atomic E-state index is 9.16.